The average molecular weight is 328 g/mol. The van der Waals surface area contributed by atoms with Crippen molar-refractivity contribution in [3.05, 3.63) is 29.8 Å². The smallest absolute Gasteiger partial charge is 0.227 e. The van der Waals surface area contributed by atoms with Gasteiger partial charge in [-0.2, -0.15) is 0 Å². The maximum atomic E-state index is 11.8. The molecule has 130 valence electrons. The highest BCUT2D eigenvalue weighted by molar-refractivity contribution is 5.95. The zero-order valence-corrected chi connectivity index (χ0v) is 14.8. The van der Waals surface area contributed by atoms with E-state index in [-0.39, 0.29) is 5.91 Å². The lowest BCUT2D eigenvalue weighted by atomic mass is 9.99. The van der Waals surface area contributed by atoms with E-state index >= 15 is 0 Å². The summed E-state index contributed by atoms with van der Waals surface area (Å²) < 4.78 is 0. The third-order valence-corrected chi connectivity index (χ3v) is 5.07. The molecule has 2 fully saturated rings. The Labute approximate surface area is 144 Å². The van der Waals surface area contributed by atoms with Gasteiger partial charge in [-0.25, -0.2) is 0 Å². The zero-order chi connectivity index (χ0) is 16.9. The Hall–Kier alpha value is -2.04. The molecule has 1 amide bonds. The minimum absolute atomic E-state index is 0.237. The fourth-order valence-electron chi connectivity index (χ4n) is 3.45. The summed E-state index contributed by atoms with van der Waals surface area (Å²) in [6.07, 6.45) is 4.11. The van der Waals surface area contributed by atoms with Crippen molar-refractivity contribution < 1.29 is 4.79 Å². The molecule has 2 aliphatic heterocycles. The van der Waals surface area contributed by atoms with E-state index in [4.69, 9.17) is 0 Å². The molecule has 0 unspecified atom stereocenters. The number of carbonyl (C=O) groups excluding carboxylic acids is 1. The van der Waals surface area contributed by atoms with Gasteiger partial charge in [-0.1, -0.05) is 19.1 Å². The van der Waals surface area contributed by atoms with Gasteiger partial charge in [-0.3, -0.25) is 9.79 Å². The van der Waals surface area contributed by atoms with Crippen LogP contribution < -0.4 is 10.2 Å². The first-order valence-corrected chi connectivity index (χ1v) is 9.02. The third kappa shape index (κ3) is 3.89. The van der Waals surface area contributed by atoms with E-state index in [1.165, 1.54) is 18.4 Å². The van der Waals surface area contributed by atoms with Crippen molar-refractivity contribution in [2.24, 2.45) is 10.9 Å². The average Bonchev–Trinajstić information content (AvgIpc) is 3.03. The van der Waals surface area contributed by atoms with Crippen molar-refractivity contribution in [3.63, 3.8) is 0 Å². The van der Waals surface area contributed by atoms with Gasteiger partial charge in [0, 0.05) is 45.3 Å². The molecular formula is C19H28N4O. The molecule has 5 heteroatoms. The number of carbonyl (C=O) groups is 1. The number of nitrogens with one attached hydrogen (secondary N) is 1. The first-order valence-electron chi connectivity index (χ1n) is 9.02. The molecule has 0 aliphatic carbocycles. The first-order chi connectivity index (χ1) is 11.7. The van der Waals surface area contributed by atoms with E-state index in [0.717, 1.165) is 50.2 Å². The van der Waals surface area contributed by atoms with Crippen LogP contribution in [0.4, 0.5) is 5.69 Å². The summed E-state index contributed by atoms with van der Waals surface area (Å²) in [5, 5.41) is 3.46. The Morgan fingerprint density at radius 3 is 2.50 bits per heavy atom. The molecule has 0 radical (unpaired) electrons. The number of rotatable bonds is 3. The van der Waals surface area contributed by atoms with Crippen molar-refractivity contribution in [2.75, 3.05) is 31.6 Å². The molecule has 0 spiro atoms. The zero-order valence-electron chi connectivity index (χ0n) is 14.8. The molecule has 2 saturated heterocycles. The number of guanidine groups is 1. The maximum absolute atomic E-state index is 11.8. The predicted molar refractivity (Wildman–Crippen MR) is 98.2 cm³/mol. The fraction of sp³-hybridized carbons (Fsp3) is 0.579. The number of hydrogen-bond acceptors (Lipinski definition) is 2. The van der Waals surface area contributed by atoms with Gasteiger partial charge < -0.3 is 15.1 Å². The van der Waals surface area contributed by atoms with E-state index in [0.29, 0.717) is 6.42 Å². The number of likely N-dealkylation sites (tertiary alicyclic amines) is 1. The Morgan fingerprint density at radius 2 is 1.92 bits per heavy atom. The lowest BCUT2D eigenvalue weighted by Crippen LogP contribution is -2.45. The van der Waals surface area contributed by atoms with Crippen LogP contribution in [0.5, 0.6) is 0 Å². The molecule has 0 saturated carbocycles. The highest BCUT2D eigenvalue weighted by Crippen LogP contribution is 2.21. The molecule has 0 atom stereocenters. The van der Waals surface area contributed by atoms with Gasteiger partial charge >= 0.3 is 0 Å². The van der Waals surface area contributed by atoms with E-state index in [1.54, 1.807) is 0 Å². The largest absolute Gasteiger partial charge is 0.352 e. The minimum atomic E-state index is 0.237. The summed E-state index contributed by atoms with van der Waals surface area (Å²) in [4.78, 5) is 20.4. The summed E-state index contributed by atoms with van der Waals surface area (Å²) in [5.74, 6) is 2.04. The van der Waals surface area contributed by atoms with Gasteiger partial charge in [0.1, 0.15) is 0 Å². The number of amides is 1. The van der Waals surface area contributed by atoms with Gasteiger partial charge in [0.25, 0.3) is 0 Å². The third-order valence-electron chi connectivity index (χ3n) is 5.07. The van der Waals surface area contributed by atoms with Gasteiger partial charge in [-0.15, -0.1) is 0 Å². The highest BCUT2D eigenvalue weighted by atomic mass is 16.2. The molecule has 0 aromatic heterocycles. The van der Waals surface area contributed by atoms with Gasteiger partial charge in [0.15, 0.2) is 5.96 Å². The molecule has 2 aliphatic rings. The Kier molecular flexibility index (Phi) is 5.38. The Morgan fingerprint density at radius 1 is 1.21 bits per heavy atom. The van der Waals surface area contributed by atoms with E-state index < -0.39 is 0 Å². The van der Waals surface area contributed by atoms with Gasteiger partial charge in [0.05, 0.1) is 0 Å². The van der Waals surface area contributed by atoms with Crippen LogP contribution in [0.3, 0.4) is 0 Å². The summed E-state index contributed by atoms with van der Waals surface area (Å²) >= 11 is 0. The summed E-state index contributed by atoms with van der Waals surface area (Å²) in [6, 6.07) is 8.29. The van der Waals surface area contributed by atoms with Crippen molar-refractivity contribution in [3.8, 4) is 0 Å². The van der Waals surface area contributed by atoms with Crippen molar-refractivity contribution in [1.29, 1.82) is 0 Å². The number of hydrogen-bond donors (Lipinski definition) is 1. The molecule has 3 rings (SSSR count). The second-order valence-electron chi connectivity index (χ2n) is 6.89. The molecule has 5 nitrogen and oxygen atoms in total. The normalized spacial score (nSPS) is 19.9. The van der Waals surface area contributed by atoms with Crippen LogP contribution in [0.15, 0.2) is 29.3 Å². The van der Waals surface area contributed by atoms with E-state index in [1.807, 2.05) is 24.1 Å². The molecule has 2 heterocycles. The monoisotopic (exact) mass is 328 g/mol. The summed E-state index contributed by atoms with van der Waals surface area (Å²) in [5.41, 5.74) is 2.22. The van der Waals surface area contributed by atoms with Gasteiger partial charge in [0.2, 0.25) is 5.91 Å². The molecule has 0 bridgehead atoms. The van der Waals surface area contributed by atoms with Crippen LogP contribution in [0, 0.1) is 5.92 Å². The second-order valence-corrected chi connectivity index (χ2v) is 6.89. The second kappa shape index (κ2) is 7.69. The predicted octanol–water partition coefficient (Wildman–Crippen LogP) is 2.62. The SMILES string of the molecule is CN=C(NCc1ccc(N2CCCC2=O)cc1)N1CCC(C)CC1. The van der Waals surface area contributed by atoms with Crippen molar-refractivity contribution in [1.82, 2.24) is 10.2 Å². The number of nitrogens with zero attached hydrogens (tertiary/aromatic N) is 3. The quantitative estimate of drug-likeness (QED) is 0.685. The summed E-state index contributed by atoms with van der Waals surface area (Å²) in [6.45, 7) is 6.08. The van der Waals surface area contributed by atoms with Gasteiger partial charge in [-0.05, 0) is 42.9 Å². The van der Waals surface area contributed by atoms with Crippen LogP contribution >= 0.6 is 0 Å². The van der Waals surface area contributed by atoms with Crippen molar-refractivity contribution in [2.45, 2.75) is 39.2 Å². The van der Waals surface area contributed by atoms with Crippen LogP contribution in [0.1, 0.15) is 38.2 Å². The number of aliphatic imine (C=N–C) groups is 1. The van der Waals surface area contributed by atoms with Crippen LogP contribution in [0.2, 0.25) is 0 Å². The highest BCUT2D eigenvalue weighted by Gasteiger charge is 2.21. The van der Waals surface area contributed by atoms with E-state index in [2.05, 4.69) is 34.3 Å². The molecule has 24 heavy (non-hydrogen) atoms. The number of piperidine rings is 1. The molecular weight excluding hydrogens is 300 g/mol. The molecule has 1 aromatic rings. The van der Waals surface area contributed by atoms with Crippen molar-refractivity contribution >= 4 is 17.6 Å². The maximum Gasteiger partial charge on any atom is 0.227 e. The molecule has 1 N–H and O–H groups in total. The minimum Gasteiger partial charge on any atom is -0.352 e. The van der Waals surface area contributed by atoms with Crippen LogP contribution in [0.25, 0.3) is 0 Å². The standard InChI is InChI=1S/C19H28N4O/c1-15-9-12-22(13-10-15)19(20-2)21-14-16-5-7-17(8-6-16)23-11-3-4-18(23)24/h5-8,15H,3-4,9-14H2,1-2H3,(H,20,21). The fourth-order valence-corrected chi connectivity index (χ4v) is 3.45. The first kappa shape index (κ1) is 16.8. The lowest BCUT2D eigenvalue weighted by molar-refractivity contribution is -0.117. The Bertz CT molecular complexity index is 588. The molecule has 1 aromatic carbocycles. The Balaban J connectivity index is 1.55. The van der Waals surface area contributed by atoms with Crippen LogP contribution in [-0.2, 0) is 11.3 Å². The lowest BCUT2D eigenvalue weighted by Gasteiger charge is -2.33. The number of anilines is 1. The number of benzene rings is 1. The van der Waals surface area contributed by atoms with Crippen LogP contribution in [-0.4, -0.2) is 43.4 Å². The summed E-state index contributed by atoms with van der Waals surface area (Å²) in [7, 11) is 1.85. The van der Waals surface area contributed by atoms with E-state index in [9.17, 15) is 4.79 Å². The topological polar surface area (TPSA) is 47.9 Å².